The Kier molecular flexibility index (Phi) is 7.82. The highest BCUT2D eigenvalue weighted by Crippen LogP contribution is 2.48. The zero-order chi connectivity index (χ0) is 42.6. The van der Waals surface area contributed by atoms with Crippen molar-refractivity contribution in [2.75, 3.05) is 4.90 Å². The van der Waals surface area contributed by atoms with Crippen LogP contribution in [-0.2, 0) is 0 Å². The second-order valence-corrected chi connectivity index (χ2v) is 17.9. The van der Waals surface area contributed by atoms with E-state index in [0.29, 0.717) is 0 Å². The molecule has 4 aromatic heterocycles. The number of rotatable bonds is 6. The summed E-state index contributed by atoms with van der Waals surface area (Å²) in [4.78, 5) is 2.30. The average Bonchev–Trinajstić information content (AvgIpc) is 4.12. The summed E-state index contributed by atoms with van der Waals surface area (Å²) >= 11 is 1.93. The Hall–Kier alpha value is -8.38. The monoisotopic (exact) mass is 847 g/mol. The van der Waals surface area contributed by atoms with E-state index >= 15 is 0 Å². The molecule has 0 aliphatic carbocycles. The van der Waals surface area contributed by atoms with Crippen LogP contribution in [0.2, 0.25) is 0 Å². The van der Waals surface area contributed by atoms with E-state index in [-0.39, 0.29) is 0 Å². The number of furan rings is 1. The lowest BCUT2D eigenvalue weighted by Gasteiger charge is -2.25. The maximum atomic E-state index is 6.23. The first kappa shape index (κ1) is 36.1. The second-order valence-electron chi connectivity index (χ2n) is 16.9. The molecule has 0 saturated carbocycles. The van der Waals surface area contributed by atoms with Gasteiger partial charge in [-0.15, -0.1) is 11.3 Å². The molecule has 0 bridgehead atoms. The highest BCUT2D eigenvalue weighted by Gasteiger charge is 2.22. The zero-order valence-corrected chi connectivity index (χ0v) is 35.8. The lowest BCUT2D eigenvalue weighted by Crippen LogP contribution is -2.09. The number of aromatic nitrogens is 2. The third-order valence-electron chi connectivity index (χ3n) is 13.3. The van der Waals surface area contributed by atoms with Gasteiger partial charge < -0.3 is 18.5 Å². The molecule has 0 aliphatic heterocycles. The molecule has 4 heterocycles. The average molecular weight is 848 g/mol. The predicted molar refractivity (Wildman–Crippen MR) is 275 cm³/mol. The van der Waals surface area contributed by atoms with Crippen molar-refractivity contribution in [2.45, 2.75) is 0 Å². The number of hydrogen-bond acceptors (Lipinski definition) is 3. The van der Waals surface area contributed by atoms with E-state index in [2.05, 4.69) is 226 Å². The summed E-state index contributed by atoms with van der Waals surface area (Å²) in [5, 5.41) is 9.97. The Morgan fingerprint density at radius 3 is 1.38 bits per heavy atom. The number of nitrogens with zero attached hydrogens (tertiary/aromatic N) is 3. The predicted octanol–water partition coefficient (Wildman–Crippen LogP) is 17.3. The van der Waals surface area contributed by atoms with Gasteiger partial charge in [0.25, 0.3) is 0 Å². The molecule has 65 heavy (non-hydrogen) atoms. The van der Waals surface area contributed by atoms with Crippen LogP contribution in [0.1, 0.15) is 0 Å². The van der Waals surface area contributed by atoms with E-state index < -0.39 is 0 Å². The van der Waals surface area contributed by atoms with E-state index in [9.17, 15) is 0 Å². The van der Waals surface area contributed by atoms with E-state index in [1.807, 2.05) is 23.5 Å². The summed E-state index contributed by atoms with van der Waals surface area (Å²) in [6, 6.07) is 81.1. The number of para-hydroxylation sites is 5. The van der Waals surface area contributed by atoms with Crippen molar-refractivity contribution in [2.24, 2.45) is 0 Å². The molecule has 0 radical (unpaired) electrons. The summed E-state index contributed by atoms with van der Waals surface area (Å²) < 4.78 is 13.7. The number of anilines is 3. The van der Waals surface area contributed by atoms with Crippen LogP contribution in [0, 0.1) is 0 Å². The van der Waals surface area contributed by atoms with Gasteiger partial charge in [-0.2, -0.15) is 0 Å². The van der Waals surface area contributed by atoms with Crippen molar-refractivity contribution in [1.29, 1.82) is 0 Å². The van der Waals surface area contributed by atoms with Gasteiger partial charge in [-0.3, -0.25) is 0 Å². The number of fused-ring (bicyclic) bond motifs is 14. The molecule has 0 aliphatic rings. The van der Waals surface area contributed by atoms with Crippen LogP contribution in [-0.4, -0.2) is 9.13 Å². The topological polar surface area (TPSA) is 26.2 Å². The third kappa shape index (κ3) is 5.43. The molecular weight excluding hydrogens is 811 g/mol. The third-order valence-corrected chi connectivity index (χ3v) is 14.6. The smallest absolute Gasteiger partial charge is 0.135 e. The van der Waals surface area contributed by atoms with Gasteiger partial charge in [0.05, 0.1) is 22.1 Å². The van der Waals surface area contributed by atoms with Crippen molar-refractivity contribution in [3.8, 4) is 22.5 Å². The maximum absolute atomic E-state index is 6.23. The highest BCUT2D eigenvalue weighted by atomic mass is 32.1. The highest BCUT2D eigenvalue weighted by molar-refractivity contribution is 7.27. The molecule has 0 unspecified atom stereocenters. The van der Waals surface area contributed by atoms with Crippen LogP contribution >= 0.6 is 11.3 Å². The van der Waals surface area contributed by atoms with E-state index in [1.54, 1.807) is 0 Å². The molecule has 4 nitrogen and oxygen atoms in total. The molecule has 14 rings (SSSR count). The summed E-state index contributed by atoms with van der Waals surface area (Å²) in [7, 11) is 0. The fraction of sp³-hybridized carbons (Fsp3) is 0. The first-order valence-electron chi connectivity index (χ1n) is 22.1. The molecular formula is C60H37N3OS. The molecule has 0 fully saturated rings. The lowest BCUT2D eigenvalue weighted by molar-refractivity contribution is 0.669. The quantitative estimate of drug-likeness (QED) is 0.167. The molecule has 0 spiro atoms. The first-order valence-corrected chi connectivity index (χ1v) is 22.9. The number of benzene rings is 10. The van der Waals surface area contributed by atoms with Crippen LogP contribution in [0.5, 0.6) is 0 Å². The van der Waals surface area contributed by atoms with Crippen LogP contribution in [0.25, 0.3) is 108 Å². The minimum absolute atomic E-state index is 0.905. The van der Waals surface area contributed by atoms with Crippen LogP contribution in [0.3, 0.4) is 0 Å². The Morgan fingerprint density at radius 2 is 0.785 bits per heavy atom. The molecule has 5 heteroatoms. The van der Waals surface area contributed by atoms with Gasteiger partial charge in [-0.1, -0.05) is 127 Å². The standard InChI is InChI=1S/C60H37N3OS/c1-3-13-40(14-4-1)61(41-15-5-2-6-16-41)42-27-23-38(24-28-42)39-25-29-43(30-26-39)62-51-20-10-7-18-48(51)57-53(62)34-32-46-47-33-35-54-58(60(47)65-59(46)57)49-19-8-11-21-52(49)63(54)44-31-36-56-50(37-44)45-17-9-12-22-55(45)64-56/h1-37H. The number of thiophene rings is 1. The molecule has 0 N–H and O–H groups in total. The normalized spacial score (nSPS) is 12.0. The van der Waals surface area contributed by atoms with Crippen molar-refractivity contribution < 1.29 is 4.42 Å². The number of hydrogen-bond donors (Lipinski definition) is 0. The van der Waals surface area contributed by atoms with Crippen LogP contribution in [0.15, 0.2) is 229 Å². The lowest BCUT2D eigenvalue weighted by atomic mass is 10.0. The van der Waals surface area contributed by atoms with Crippen molar-refractivity contribution >= 4 is 114 Å². The zero-order valence-electron chi connectivity index (χ0n) is 35.0. The first-order chi connectivity index (χ1) is 32.2. The summed E-state index contributed by atoms with van der Waals surface area (Å²) in [6.07, 6.45) is 0. The van der Waals surface area contributed by atoms with E-state index in [0.717, 1.165) is 50.4 Å². The van der Waals surface area contributed by atoms with Gasteiger partial charge in [-0.05, 0) is 108 Å². The molecule has 14 aromatic rings. The fourth-order valence-electron chi connectivity index (χ4n) is 10.4. The van der Waals surface area contributed by atoms with Gasteiger partial charge >= 0.3 is 0 Å². The molecule has 0 atom stereocenters. The summed E-state index contributed by atoms with van der Waals surface area (Å²) in [5.41, 5.74) is 14.6. The fourth-order valence-corrected chi connectivity index (χ4v) is 11.8. The Bertz CT molecular complexity index is 4120. The molecule has 10 aromatic carbocycles. The Balaban J connectivity index is 0.891. The van der Waals surface area contributed by atoms with Crippen molar-refractivity contribution in [3.63, 3.8) is 0 Å². The van der Waals surface area contributed by atoms with Gasteiger partial charge in [0.1, 0.15) is 11.2 Å². The molecule has 304 valence electrons. The SMILES string of the molecule is c1ccc(N(c2ccccc2)c2ccc(-c3ccc(-n4c5ccccc5c5c6sc7c(ccc8c7c7ccccc7n8-c7ccc8oc9ccccc9c8c7)c6ccc54)cc3)cc2)cc1. The van der Waals surface area contributed by atoms with Gasteiger partial charge in [-0.25, -0.2) is 0 Å². The Labute approximate surface area is 377 Å². The van der Waals surface area contributed by atoms with Crippen molar-refractivity contribution in [3.05, 3.63) is 224 Å². The van der Waals surface area contributed by atoms with Crippen molar-refractivity contribution in [1.82, 2.24) is 9.13 Å². The van der Waals surface area contributed by atoms with Gasteiger partial charge in [0, 0.05) is 80.9 Å². The van der Waals surface area contributed by atoms with Crippen LogP contribution < -0.4 is 4.90 Å². The van der Waals surface area contributed by atoms with E-state index in [4.69, 9.17) is 4.42 Å². The largest absolute Gasteiger partial charge is 0.456 e. The Morgan fingerprint density at radius 1 is 0.323 bits per heavy atom. The van der Waals surface area contributed by atoms with Gasteiger partial charge in [0.2, 0.25) is 0 Å². The van der Waals surface area contributed by atoms with Crippen LogP contribution in [0.4, 0.5) is 17.1 Å². The van der Waals surface area contributed by atoms with Gasteiger partial charge in [0.15, 0.2) is 0 Å². The molecule has 0 amide bonds. The molecule has 0 saturated heterocycles. The summed E-state index contributed by atoms with van der Waals surface area (Å²) in [6.45, 7) is 0. The minimum Gasteiger partial charge on any atom is -0.456 e. The second kappa shape index (κ2) is 14.1. The maximum Gasteiger partial charge on any atom is 0.135 e. The summed E-state index contributed by atoms with van der Waals surface area (Å²) in [5.74, 6) is 0. The van der Waals surface area contributed by atoms with E-state index in [1.165, 1.54) is 74.9 Å². The minimum atomic E-state index is 0.905.